The van der Waals surface area contributed by atoms with Gasteiger partial charge in [0.2, 0.25) is 10.0 Å². The fourth-order valence-corrected chi connectivity index (χ4v) is 4.04. The number of methoxy groups -OCH3 is 1. The third-order valence-corrected chi connectivity index (χ3v) is 6.30. The summed E-state index contributed by atoms with van der Waals surface area (Å²) in [5, 5.41) is 5.92. The van der Waals surface area contributed by atoms with Crippen LogP contribution in [0.5, 0.6) is 5.75 Å². The average molecular weight is 442 g/mol. The van der Waals surface area contributed by atoms with Gasteiger partial charge in [0.25, 0.3) is 0 Å². The molecule has 154 valence electrons. The number of para-hydroxylation sites is 1. The van der Waals surface area contributed by atoms with Gasteiger partial charge in [-0.1, -0.05) is 29.8 Å². The van der Waals surface area contributed by atoms with Crippen LogP contribution in [0.15, 0.2) is 60.7 Å². The molecular formula is C22H20ClN3O3S. The van der Waals surface area contributed by atoms with Crippen molar-refractivity contribution in [2.45, 2.75) is 6.92 Å². The molecule has 8 heteroatoms. The Morgan fingerprint density at radius 3 is 2.53 bits per heavy atom. The van der Waals surface area contributed by atoms with E-state index in [0.717, 1.165) is 27.5 Å². The van der Waals surface area contributed by atoms with E-state index >= 15 is 0 Å². The molecule has 4 rings (SSSR count). The lowest BCUT2D eigenvalue weighted by atomic mass is 10.1. The highest BCUT2D eigenvalue weighted by Gasteiger charge is 2.14. The number of aromatic nitrogens is 1. The Bertz CT molecular complexity index is 1360. The van der Waals surface area contributed by atoms with Crippen molar-refractivity contribution < 1.29 is 13.2 Å². The average Bonchev–Trinajstić information content (AvgIpc) is 2.74. The second kappa shape index (κ2) is 8.01. The molecule has 0 saturated carbocycles. The molecule has 2 N–H and O–H groups in total. The molecule has 1 aromatic heterocycles. The first-order valence-electron chi connectivity index (χ1n) is 9.34. The monoisotopic (exact) mass is 441 g/mol. The quantitative estimate of drug-likeness (QED) is 0.383. The number of hydrogen-bond donors (Lipinski definition) is 2. The number of anilines is 3. The van der Waals surface area contributed by atoms with E-state index in [1.54, 1.807) is 32.2 Å². The lowest BCUT2D eigenvalue weighted by molar-refractivity contribution is 0.417. The number of benzene rings is 3. The number of sulfonamides is 1. The predicted octanol–water partition coefficient (Wildman–Crippen LogP) is 5.56. The maximum atomic E-state index is 11.9. The highest BCUT2D eigenvalue weighted by atomic mass is 35.5. The Kier molecular flexibility index (Phi) is 5.40. The summed E-state index contributed by atoms with van der Waals surface area (Å²) >= 11 is 6.18. The summed E-state index contributed by atoms with van der Waals surface area (Å²) < 4.78 is 31.8. The van der Waals surface area contributed by atoms with Crippen LogP contribution < -0.4 is 14.8 Å². The molecule has 0 fully saturated rings. The topological polar surface area (TPSA) is 80.3 Å². The summed E-state index contributed by atoms with van der Waals surface area (Å²) in [6, 6.07) is 18.5. The maximum absolute atomic E-state index is 11.9. The molecule has 6 nitrogen and oxygen atoms in total. The van der Waals surface area contributed by atoms with Crippen molar-refractivity contribution >= 4 is 60.5 Å². The minimum atomic E-state index is -3.38. The second-order valence-electron chi connectivity index (χ2n) is 6.71. The highest BCUT2D eigenvalue weighted by Crippen LogP contribution is 2.37. The second-order valence-corrected chi connectivity index (χ2v) is 9.16. The van der Waals surface area contributed by atoms with E-state index in [4.69, 9.17) is 21.3 Å². The van der Waals surface area contributed by atoms with E-state index in [9.17, 15) is 8.42 Å². The van der Waals surface area contributed by atoms with Crippen molar-refractivity contribution in [2.24, 2.45) is 0 Å². The number of halogens is 1. The molecule has 30 heavy (non-hydrogen) atoms. The van der Waals surface area contributed by atoms with Gasteiger partial charge in [-0.25, -0.2) is 13.4 Å². The van der Waals surface area contributed by atoms with E-state index in [2.05, 4.69) is 10.0 Å². The SMILES string of the molecule is CCS(=O)(=O)Nc1ccc(Nc2c3ccccc3nc3cc(Cl)ccc23)c(OC)c1. The van der Waals surface area contributed by atoms with E-state index in [-0.39, 0.29) is 5.75 Å². The van der Waals surface area contributed by atoms with Gasteiger partial charge < -0.3 is 10.1 Å². The fraction of sp³-hybridized carbons (Fsp3) is 0.136. The summed E-state index contributed by atoms with van der Waals surface area (Å²) in [4.78, 5) is 4.71. The highest BCUT2D eigenvalue weighted by molar-refractivity contribution is 7.92. The van der Waals surface area contributed by atoms with Gasteiger partial charge in [0.1, 0.15) is 5.75 Å². The molecular weight excluding hydrogens is 422 g/mol. The van der Waals surface area contributed by atoms with Crippen molar-refractivity contribution in [2.75, 3.05) is 22.9 Å². The zero-order chi connectivity index (χ0) is 21.3. The Morgan fingerprint density at radius 1 is 1.00 bits per heavy atom. The minimum absolute atomic E-state index is 0.00707. The summed E-state index contributed by atoms with van der Waals surface area (Å²) in [5.41, 5.74) is 3.61. The zero-order valence-electron chi connectivity index (χ0n) is 16.4. The van der Waals surface area contributed by atoms with E-state index < -0.39 is 10.0 Å². The summed E-state index contributed by atoms with van der Waals surface area (Å²) in [6.07, 6.45) is 0. The van der Waals surface area contributed by atoms with Gasteiger partial charge in [-0.15, -0.1) is 0 Å². The van der Waals surface area contributed by atoms with Gasteiger partial charge >= 0.3 is 0 Å². The predicted molar refractivity (Wildman–Crippen MR) is 124 cm³/mol. The Hall–Kier alpha value is -3.03. The van der Waals surface area contributed by atoms with Crippen LogP contribution in [0.1, 0.15) is 6.92 Å². The molecule has 1 heterocycles. The molecule has 0 amide bonds. The van der Waals surface area contributed by atoms with Gasteiger partial charge in [-0.05, 0) is 43.3 Å². The number of nitrogens with one attached hydrogen (secondary N) is 2. The largest absolute Gasteiger partial charge is 0.494 e. The lowest BCUT2D eigenvalue weighted by Crippen LogP contribution is -2.14. The molecule has 0 aliphatic rings. The smallest absolute Gasteiger partial charge is 0.232 e. The van der Waals surface area contributed by atoms with Crippen LogP contribution in [0.25, 0.3) is 21.8 Å². The van der Waals surface area contributed by atoms with Crippen LogP contribution in [-0.2, 0) is 10.0 Å². The molecule has 0 bridgehead atoms. The van der Waals surface area contributed by atoms with Crippen LogP contribution in [0.2, 0.25) is 5.02 Å². The van der Waals surface area contributed by atoms with Gasteiger partial charge in [-0.2, -0.15) is 0 Å². The van der Waals surface area contributed by atoms with E-state index in [1.807, 2.05) is 42.5 Å². The first-order valence-corrected chi connectivity index (χ1v) is 11.4. The van der Waals surface area contributed by atoms with Crippen molar-refractivity contribution in [3.63, 3.8) is 0 Å². The molecule has 0 spiro atoms. The standard InChI is InChI=1S/C22H20ClN3O3S/c1-3-30(27,28)26-15-9-11-19(21(13-15)29-2)25-22-16-6-4-5-7-18(16)24-20-12-14(23)8-10-17(20)22/h4-13,26H,3H2,1-2H3,(H,24,25). The van der Waals surface area contributed by atoms with Gasteiger partial charge in [-0.3, -0.25) is 4.72 Å². The van der Waals surface area contributed by atoms with Gasteiger partial charge in [0, 0.05) is 21.9 Å². The van der Waals surface area contributed by atoms with Crippen LogP contribution in [0, 0.1) is 0 Å². The number of pyridine rings is 1. The lowest BCUT2D eigenvalue weighted by Gasteiger charge is -2.17. The van der Waals surface area contributed by atoms with Crippen molar-refractivity contribution in [3.8, 4) is 5.75 Å². The Morgan fingerprint density at radius 2 is 1.77 bits per heavy atom. The van der Waals surface area contributed by atoms with Crippen molar-refractivity contribution in [1.82, 2.24) is 4.98 Å². The molecule has 4 aromatic rings. The molecule has 0 radical (unpaired) electrons. The number of fused-ring (bicyclic) bond motifs is 2. The van der Waals surface area contributed by atoms with Crippen molar-refractivity contribution in [3.05, 3.63) is 65.7 Å². The van der Waals surface area contributed by atoms with Gasteiger partial charge in [0.15, 0.2) is 0 Å². The molecule has 0 saturated heterocycles. The molecule has 0 atom stereocenters. The number of rotatable bonds is 6. The number of nitrogens with zero attached hydrogens (tertiary/aromatic N) is 1. The normalized spacial score (nSPS) is 11.6. The van der Waals surface area contributed by atoms with E-state index in [1.165, 1.54) is 0 Å². The first-order chi connectivity index (χ1) is 14.4. The minimum Gasteiger partial charge on any atom is -0.494 e. The zero-order valence-corrected chi connectivity index (χ0v) is 18.0. The van der Waals surface area contributed by atoms with Gasteiger partial charge in [0.05, 0.1) is 41.0 Å². The van der Waals surface area contributed by atoms with Crippen LogP contribution >= 0.6 is 11.6 Å². The van der Waals surface area contributed by atoms with Crippen molar-refractivity contribution in [1.29, 1.82) is 0 Å². The van der Waals surface area contributed by atoms with E-state index in [0.29, 0.717) is 22.1 Å². The maximum Gasteiger partial charge on any atom is 0.232 e. The summed E-state index contributed by atoms with van der Waals surface area (Å²) in [7, 11) is -1.83. The van der Waals surface area contributed by atoms with Crippen LogP contribution in [0.3, 0.4) is 0 Å². The first kappa shape index (κ1) is 20.3. The molecule has 0 aliphatic heterocycles. The number of hydrogen-bond acceptors (Lipinski definition) is 5. The van der Waals surface area contributed by atoms with Crippen LogP contribution in [-0.4, -0.2) is 26.3 Å². The molecule has 0 aliphatic carbocycles. The fourth-order valence-electron chi connectivity index (χ4n) is 3.25. The third kappa shape index (κ3) is 3.99. The molecule has 3 aromatic carbocycles. The Labute approximate surface area is 179 Å². The van der Waals surface area contributed by atoms with Crippen LogP contribution in [0.4, 0.5) is 17.1 Å². The molecule has 0 unspecified atom stereocenters. The third-order valence-electron chi connectivity index (χ3n) is 4.76. The Balaban J connectivity index is 1.83. The summed E-state index contributed by atoms with van der Waals surface area (Å²) in [5.74, 6) is 0.502. The number of ether oxygens (including phenoxy) is 1. The summed E-state index contributed by atoms with van der Waals surface area (Å²) in [6.45, 7) is 1.58.